The Balaban J connectivity index is 0.00000441. The molecular weight excluding hydrogens is 338 g/mol. The van der Waals surface area contributed by atoms with Crippen LogP contribution in [0.5, 0.6) is 0 Å². The predicted molar refractivity (Wildman–Crippen MR) is 71.0 cm³/mol. The molecule has 124 valence electrons. The van der Waals surface area contributed by atoms with Crippen LogP contribution in [0.4, 0.5) is 26.3 Å². The monoisotopic (exact) mass is 348 g/mol. The summed E-state index contributed by atoms with van der Waals surface area (Å²) in [5, 5.41) is 10.3. The zero-order valence-electron chi connectivity index (χ0n) is 10.9. The van der Waals surface area contributed by atoms with E-state index in [-0.39, 0.29) is 29.7 Å². The Morgan fingerprint density at radius 2 is 1.45 bits per heavy atom. The van der Waals surface area contributed by atoms with Crippen molar-refractivity contribution in [3.63, 3.8) is 0 Å². The second-order valence-corrected chi connectivity index (χ2v) is 4.02. The lowest BCUT2D eigenvalue weighted by molar-refractivity contribution is -0.143. The van der Waals surface area contributed by atoms with Gasteiger partial charge in [0, 0.05) is 0 Å². The highest BCUT2D eigenvalue weighted by Gasteiger charge is 2.37. The smallest absolute Gasteiger partial charge is 0.369 e. The number of alkyl halides is 6. The summed E-state index contributed by atoms with van der Waals surface area (Å²) < 4.78 is 75.8. The number of rotatable bonds is 2. The first kappa shape index (κ1) is 20.0. The molecule has 0 radical (unpaired) electrons. The van der Waals surface area contributed by atoms with Gasteiger partial charge in [0.15, 0.2) is 0 Å². The van der Waals surface area contributed by atoms with Crippen molar-refractivity contribution in [2.75, 3.05) is 0 Å². The van der Waals surface area contributed by atoms with Gasteiger partial charge in [-0.2, -0.15) is 31.4 Å². The molecule has 0 amide bonds. The third-order valence-corrected chi connectivity index (χ3v) is 2.35. The van der Waals surface area contributed by atoms with Gasteiger partial charge in [-0.3, -0.25) is 5.41 Å². The van der Waals surface area contributed by atoms with Gasteiger partial charge < -0.3 is 5.73 Å². The molecule has 0 unspecified atom stereocenters. The maximum atomic E-state index is 12.6. The van der Waals surface area contributed by atoms with E-state index in [9.17, 15) is 26.3 Å². The van der Waals surface area contributed by atoms with Crippen LogP contribution in [0.15, 0.2) is 23.3 Å². The quantitative estimate of drug-likeness (QED) is 0.332. The lowest BCUT2D eigenvalue weighted by atomic mass is 10.0. The molecule has 0 saturated carbocycles. The van der Waals surface area contributed by atoms with Gasteiger partial charge in [-0.05, 0) is 30.7 Å². The lowest BCUT2D eigenvalue weighted by Gasteiger charge is -2.14. The molecule has 0 aliphatic carbocycles. The normalized spacial score (nSPS) is 12.6. The molecule has 0 aliphatic heterocycles. The van der Waals surface area contributed by atoms with Crippen molar-refractivity contribution in [3.8, 4) is 0 Å². The number of nitrogens with one attached hydrogen (secondary N) is 2. The molecule has 0 bridgehead atoms. The number of guanidine groups is 1. The van der Waals surface area contributed by atoms with E-state index in [1.807, 2.05) is 5.43 Å². The van der Waals surface area contributed by atoms with E-state index in [1.54, 1.807) is 0 Å². The van der Waals surface area contributed by atoms with Crippen LogP contribution in [0.25, 0.3) is 0 Å². The van der Waals surface area contributed by atoms with Crippen molar-refractivity contribution in [2.24, 2.45) is 10.8 Å². The average Bonchev–Trinajstić information content (AvgIpc) is 2.33. The molecule has 4 nitrogen and oxygen atoms in total. The van der Waals surface area contributed by atoms with Crippen molar-refractivity contribution in [2.45, 2.75) is 19.3 Å². The number of hydrogen-bond donors (Lipinski definition) is 3. The van der Waals surface area contributed by atoms with Crippen molar-refractivity contribution in [3.05, 3.63) is 34.9 Å². The Bertz CT molecular complexity index is 547. The standard InChI is InChI=1S/C11H10F6N4.ClH/c1-5(20-21-9(18)19)6-2-7(10(12,13)14)4-8(3-6)11(15,16)17;/h2-4H,1H3,(H4,18,19,21);1H. The van der Waals surface area contributed by atoms with Crippen LogP contribution in [-0.4, -0.2) is 11.7 Å². The van der Waals surface area contributed by atoms with E-state index in [0.29, 0.717) is 12.1 Å². The summed E-state index contributed by atoms with van der Waals surface area (Å²) >= 11 is 0. The first-order valence-electron chi connectivity index (χ1n) is 5.35. The van der Waals surface area contributed by atoms with Crippen LogP contribution in [0.3, 0.4) is 0 Å². The van der Waals surface area contributed by atoms with Crippen LogP contribution >= 0.6 is 12.4 Å². The second-order valence-electron chi connectivity index (χ2n) is 4.02. The number of hydrogen-bond acceptors (Lipinski definition) is 2. The average molecular weight is 349 g/mol. The largest absolute Gasteiger partial charge is 0.416 e. The highest BCUT2D eigenvalue weighted by molar-refractivity contribution is 5.99. The van der Waals surface area contributed by atoms with Gasteiger partial charge in [0.2, 0.25) is 5.96 Å². The molecule has 1 rings (SSSR count). The zero-order valence-corrected chi connectivity index (χ0v) is 11.7. The summed E-state index contributed by atoms with van der Waals surface area (Å²) in [5.41, 5.74) is 3.43. The Morgan fingerprint density at radius 3 is 1.77 bits per heavy atom. The summed E-state index contributed by atoms with van der Waals surface area (Å²) in [5.74, 6) is -0.600. The molecule has 0 aromatic heterocycles. The van der Waals surface area contributed by atoms with Gasteiger partial charge in [-0.1, -0.05) is 0 Å². The van der Waals surface area contributed by atoms with Crippen molar-refractivity contribution >= 4 is 24.1 Å². The lowest BCUT2D eigenvalue weighted by Crippen LogP contribution is -2.26. The zero-order chi connectivity index (χ0) is 16.4. The SMILES string of the molecule is CC(=NNC(=N)N)c1cc(C(F)(F)F)cc(C(F)(F)F)c1.Cl. The molecule has 0 heterocycles. The van der Waals surface area contributed by atoms with E-state index in [1.165, 1.54) is 6.92 Å². The maximum Gasteiger partial charge on any atom is 0.416 e. The fraction of sp³-hybridized carbons (Fsp3) is 0.273. The molecule has 0 atom stereocenters. The van der Waals surface area contributed by atoms with E-state index < -0.39 is 29.4 Å². The summed E-state index contributed by atoms with van der Waals surface area (Å²) in [7, 11) is 0. The third kappa shape index (κ3) is 5.43. The Hall–Kier alpha value is -1.97. The first-order chi connectivity index (χ1) is 9.41. The summed E-state index contributed by atoms with van der Waals surface area (Å²) in [4.78, 5) is 0. The highest BCUT2D eigenvalue weighted by Crippen LogP contribution is 2.36. The molecule has 4 N–H and O–H groups in total. The van der Waals surface area contributed by atoms with Crippen molar-refractivity contribution in [1.82, 2.24) is 5.43 Å². The molecule has 1 aromatic carbocycles. The van der Waals surface area contributed by atoms with Crippen molar-refractivity contribution < 1.29 is 26.3 Å². The van der Waals surface area contributed by atoms with Gasteiger partial charge in [-0.15, -0.1) is 12.4 Å². The van der Waals surface area contributed by atoms with Crippen LogP contribution in [0.1, 0.15) is 23.6 Å². The van der Waals surface area contributed by atoms with Crippen molar-refractivity contribution in [1.29, 1.82) is 5.41 Å². The van der Waals surface area contributed by atoms with E-state index >= 15 is 0 Å². The second kappa shape index (κ2) is 6.86. The van der Waals surface area contributed by atoms with Gasteiger partial charge in [-0.25, -0.2) is 5.43 Å². The van der Waals surface area contributed by atoms with E-state index in [4.69, 9.17) is 11.1 Å². The van der Waals surface area contributed by atoms with E-state index in [2.05, 4.69) is 5.10 Å². The van der Waals surface area contributed by atoms with Gasteiger partial charge in [0.05, 0.1) is 16.8 Å². The molecule has 0 saturated heterocycles. The molecule has 11 heteroatoms. The van der Waals surface area contributed by atoms with Gasteiger partial charge in [0.25, 0.3) is 0 Å². The summed E-state index contributed by atoms with van der Waals surface area (Å²) in [6, 6.07) is 1.10. The molecule has 1 aromatic rings. The Kier molecular flexibility index (Phi) is 6.25. The third-order valence-electron chi connectivity index (χ3n) is 2.35. The summed E-state index contributed by atoms with van der Waals surface area (Å²) in [6.07, 6.45) is -9.85. The molecular formula is C11H11ClF6N4. The van der Waals surface area contributed by atoms with Crippen LogP contribution < -0.4 is 11.2 Å². The number of nitrogens with two attached hydrogens (primary N) is 1. The van der Waals surface area contributed by atoms with E-state index in [0.717, 1.165) is 0 Å². The fourth-order valence-electron chi connectivity index (χ4n) is 1.37. The number of benzene rings is 1. The molecule has 22 heavy (non-hydrogen) atoms. The fourth-order valence-corrected chi connectivity index (χ4v) is 1.37. The first-order valence-corrected chi connectivity index (χ1v) is 5.35. The Labute approximate surface area is 127 Å². The van der Waals surface area contributed by atoms with Gasteiger partial charge in [0.1, 0.15) is 0 Å². The minimum absolute atomic E-state index is 0. The van der Waals surface area contributed by atoms with Crippen LogP contribution in [0.2, 0.25) is 0 Å². The number of nitrogens with zero attached hydrogens (tertiary/aromatic N) is 1. The summed E-state index contributed by atoms with van der Waals surface area (Å²) in [6.45, 7) is 1.19. The number of hydrazone groups is 1. The molecule has 0 spiro atoms. The van der Waals surface area contributed by atoms with Crippen LogP contribution in [0, 0.1) is 5.41 Å². The number of halogens is 7. The topological polar surface area (TPSA) is 74.3 Å². The minimum atomic E-state index is -4.93. The molecule has 0 fully saturated rings. The highest BCUT2D eigenvalue weighted by atomic mass is 35.5. The Morgan fingerprint density at radius 1 is 1.05 bits per heavy atom. The van der Waals surface area contributed by atoms with Crippen LogP contribution in [-0.2, 0) is 12.4 Å². The van der Waals surface area contributed by atoms with Gasteiger partial charge >= 0.3 is 12.4 Å². The minimum Gasteiger partial charge on any atom is -0.369 e. The predicted octanol–water partition coefficient (Wildman–Crippen LogP) is 3.35. The maximum absolute atomic E-state index is 12.6. The molecule has 0 aliphatic rings.